The molecule has 6 rings (SSSR count). The molecule has 0 radical (unpaired) electrons. The highest BCUT2D eigenvalue weighted by atomic mass is 35.5. The number of carbonyl (C=O) groups excluding carboxylic acids is 3. The lowest BCUT2D eigenvalue weighted by molar-refractivity contribution is -0.140. The van der Waals surface area contributed by atoms with Crippen LogP contribution in [0.15, 0.2) is 42.7 Å². The molecule has 264 valence electrons. The lowest BCUT2D eigenvalue weighted by atomic mass is 10.1. The Bertz CT molecular complexity index is 1870. The van der Waals surface area contributed by atoms with Crippen LogP contribution in [0.25, 0.3) is 22.6 Å². The summed E-state index contributed by atoms with van der Waals surface area (Å²) in [5.74, 6) is -1.23. The molecule has 5 N–H and O–H groups in total. The van der Waals surface area contributed by atoms with Crippen molar-refractivity contribution in [3.8, 4) is 22.6 Å². The maximum absolute atomic E-state index is 13.9. The molecule has 0 bridgehead atoms. The second-order valence-electron chi connectivity index (χ2n) is 12.0. The van der Waals surface area contributed by atoms with Gasteiger partial charge in [-0.05, 0) is 36.2 Å². The van der Waals surface area contributed by atoms with Crippen LogP contribution < -0.4 is 10.6 Å². The van der Waals surface area contributed by atoms with E-state index in [9.17, 15) is 32.7 Å². The predicted molar refractivity (Wildman–Crippen MR) is 176 cm³/mol. The third-order valence-electron chi connectivity index (χ3n) is 8.65. The van der Waals surface area contributed by atoms with Gasteiger partial charge in [0.1, 0.15) is 11.4 Å². The van der Waals surface area contributed by atoms with Crippen molar-refractivity contribution >= 4 is 35.0 Å². The number of nitrogens with one attached hydrogen (secondary N) is 4. The normalized spacial score (nSPS) is 16.9. The van der Waals surface area contributed by atoms with E-state index in [-0.39, 0.29) is 64.0 Å². The first kappa shape index (κ1) is 34.8. The molecule has 2 fully saturated rings. The van der Waals surface area contributed by atoms with Gasteiger partial charge in [0.15, 0.2) is 5.82 Å². The molecule has 3 amide bonds. The van der Waals surface area contributed by atoms with Crippen LogP contribution in [0.4, 0.5) is 18.9 Å². The number of hydrogen-bond donors (Lipinski definition) is 5. The summed E-state index contributed by atoms with van der Waals surface area (Å²) in [6, 6.07) is 7.91. The lowest BCUT2D eigenvalue weighted by Crippen LogP contribution is -2.52. The van der Waals surface area contributed by atoms with Crippen molar-refractivity contribution in [2.45, 2.75) is 25.2 Å². The molecule has 1 atom stereocenters. The average molecular weight is 715 g/mol. The Morgan fingerprint density at radius 2 is 1.80 bits per heavy atom. The number of hydrogen-bond acceptors (Lipinski definition) is 9. The molecule has 14 nitrogen and oxygen atoms in total. The average Bonchev–Trinajstić information content (AvgIpc) is 3.87. The summed E-state index contributed by atoms with van der Waals surface area (Å²) in [4.78, 5) is 55.0. The van der Waals surface area contributed by atoms with Crippen molar-refractivity contribution in [1.82, 2.24) is 45.2 Å². The van der Waals surface area contributed by atoms with Gasteiger partial charge in [-0.15, -0.1) is 0 Å². The number of aromatic nitrogens is 5. The second-order valence-corrected chi connectivity index (χ2v) is 12.4. The highest BCUT2D eigenvalue weighted by molar-refractivity contribution is 6.33. The molecular formula is C32H34ClF3N10O4. The fraction of sp³-hybridized carbons (Fsp3) is 0.375. The molecular weight excluding hydrogens is 681 g/mol. The Kier molecular flexibility index (Phi) is 10.1. The van der Waals surface area contributed by atoms with Gasteiger partial charge in [0.05, 0.1) is 58.3 Å². The van der Waals surface area contributed by atoms with Crippen LogP contribution in [0.3, 0.4) is 0 Å². The maximum Gasteiger partial charge on any atom is 0.433 e. The van der Waals surface area contributed by atoms with Crippen molar-refractivity contribution in [2.75, 3.05) is 58.2 Å². The summed E-state index contributed by atoms with van der Waals surface area (Å²) in [5, 5.41) is 21.3. The number of rotatable bonds is 9. The van der Waals surface area contributed by atoms with Crippen LogP contribution in [0.5, 0.6) is 0 Å². The molecule has 0 aliphatic carbocycles. The summed E-state index contributed by atoms with van der Waals surface area (Å²) >= 11 is 6.48. The van der Waals surface area contributed by atoms with Crippen LogP contribution in [-0.4, -0.2) is 122 Å². The minimum atomic E-state index is -4.78. The van der Waals surface area contributed by atoms with Gasteiger partial charge in [-0.2, -0.15) is 18.3 Å². The van der Waals surface area contributed by atoms with E-state index in [2.05, 4.69) is 30.7 Å². The monoisotopic (exact) mass is 714 g/mol. The predicted octanol–water partition coefficient (Wildman–Crippen LogP) is 2.86. The van der Waals surface area contributed by atoms with Gasteiger partial charge >= 0.3 is 6.18 Å². The van der Waals surface area contributed by atoms with Crippen molar-refractivity contribution in [1.29, 1.82) is 0 Å². The Morgan fingerprint density at radius 1 is 1.04 bits per heavy atom. The third-order valence-corrected chi connectivity index (χ3v) is 8.96. The van der Waals surface area contributed by atoms with Gasteiger partial charge in [0.25, 0.3) is 11.8 Å². The Balaban J connectivity index is 1.07. The molecule has 18 heteroatoms. The number of benzene rings is 1. The van der Waals surface area contributed by atoms with Crippen LogP contribution in [-0.2, 0) is 17.5 Å². The molecule has 2 aliphatic rings. The van der Waals surface area contributed by atoms with Crippen LogP contribution >= 0.6 is 11.6 Å². The first-order valence-electron chi connectivity index (χ1n) is 15.8. The number of anilines is 1. The van der Waals surface area contributed by atoms with Crippen LogP contribution in [0, 0.1) is 0 Å². The number of aliphatic hydroxyl groups is 1. The quantitative estimate of drug-likeness (QED) is 0.175. The summed E-state index contributed by atoms with van der Waals surface area (Å²) < 4.78 is 41.8. The Morgan fingerprint density at radius 3 is 2.44 bits per heavy atom. The lowest BCUT2D eigenvalue weighted by Gasteiger charge is -2.35. The van der Waals surface area contributed by atoms with E-state index in [0.717, 1.165) is 6.20 Å². The zero-order valence-electron chi connectivity index (χ0n) is 26.8. The van der Waals surface area contributed by atoms with E-state index >= 15 is 0 Å². The van der Waals surface area contributed by atoms with Crippen molar-refractivity contribution in [2.24, 2.45) is 0 Å². The van der Waals surface area contributed by atoms with Crippen LogP contribution in [0.1, 0.15) is 38.7 Å². The highest BCUT2D eigenvalue weighted by Crippen LogP contribution is 2.40. The smallest absolute Gasteiger partial charge is 0.392 e. The van der Waals surface area contributed by atoms with E-state index in [1.807, 2.05) is 10.00 Å². The number of nitrogens with zero attached hydrogens (tertiary/aromatic N) is 6. The number of piperazine rings is 1. The molecule has 2 aliphatic heterocycles. The first-order valence-corrected chi connectivity index (χ1v) is 16.2. The second kappa shape index (κ2) is 14.5. The number of aliphatic hydroxyl groups excluding tert-OH is 1. The zero-order valence-corrected chi connectivity index (χ0v) is 27.6. The van der Waals surface area contributed by atoms with Crippen molar-refractivity contribution < 1.29 is 32.7 Å². The molecule has 0 unspecified atom stereocenters. The van der Waals surface area contributed by atoms with Crippen molar-refractivity contribution in [3.63, 3.8) is 0 Å². The Hall–Kier alpha value is -5.00. The van der Waals surface area contributed by atoms with E-state index in [1.54, 1.807) is 41.1 Å². The number of carbonyl (C=O) groups is 3. The molecule has 0 spiro atoms. The molecule has 5 heterocycles. The van der Waals surface area contributed by atoms with E-state index in [4.69, 9.17) is 11.6 Å². The molecule has 3 aromatic heterocycles. The van der Waals surface area contributed by atoms with Gasteiger partial charge in [-0.3, -0.25) is 29.4 Å². The number of β-amino-alcohol motifs (C(OH)–C–C–N with tert-alkyl or cyclic N) is 1. The van der Waals surface area contributed by atoms with E-state index in [0.29, 0.717) is 56.9 Å². The number of H-pyrrole nitrogens is 2. The number of alkyl halides is 3. The number of imidazole rings is 1. The fourth-order valence-electron chi connectivity index (χ4n) is 5.92. The topological polar surface area (TPSA) is 175 Å². The largest absolute Gasteiger partial charge is 0.433 e. The summed E-state index contributed by atoms with van der Waals surface area (Å²) in [6.45, 7) is 2.85. The maximum atomic E-state index is 13.9. The van der Waals surface area contributed by atoms with Crippen molar-refractivity contribution in [3.05, 3.63) is 70.4 Å². The molecule has 2 saturated heterocycles. The standard InChI is InChI=1S/C32H34ClF3N10O4/c1-37-19-3-5-23(38-14-19)27-26(28(43-42-27)32(34,35)36)24-15-39-29(41-24)30(49)40-13-18-2-4-21(22(33)12-18)31(50)46-10-8-45(9-11-46)25(48)17-44-7-6-20(47)16-44/h2-5,12,14-15,20,37,47H,6-11,13,16-17H2,1H3,(H,39,41)(H,40,49)(H,42,43)/t20-/m0/s1. The molecule has 0 saturated carbocycles. The van der Waals surface area contributed by atoms with Crippen LogP contribution in [0.2, 0.25) is 5.02 Å². The number of aromatic amines is 2. The number of amides is 3. The highest BCUT2D eigenvalue weighted by Gasteiger charge is 2.39. The Labute approximate surface area is 289 Å². The van der Waals surface area contributed by atoms with Gasteiger partial charge in [0, 0.05) is 52.9 Å². The molecule has 4 aromatic rings. The summed E-state index contributed by atoms with van der Waals surface area (Å²) in [5.41, 5.74) is 0.0546. The third kappa shape index (κ3) is 7.59. The number of halogens is 4. The first-order chi connectivity index (χ1) is 23.9. The minimum absolute atomic E-state index is 0.00954. The minimum Gasteiger partial charge on any atom is -0.392 e. The van der Waals surface area contributed by atoms with Gasteiger partial charge in [-0.25, -0.2) is 4.98 Å². The number of likely N-dealkylation sites (tertiary alicyclic amines) is 1. The molecule has 1 aromatic carbocycles. The SMILES string of the molecule is CNc1ccc(-c2n[nH]c(C(F)(F)F)c2-c2cnc(C(=O)NCc3ccc(C(=O)N4CCN(C(=O)CN5CC[C@H](O)C5)CC4)c(Cl)c3)[nH]2)nc1. The fourth-order valence-corrected chi connectivity index (χ4v) is 6.21. The van der Waals surface area contributed by atoms with Gasteiger partial charge in [-0.1, -0.05) is 17.7 Å². The summed E-state index contributed by atoms with van der Waals surface area (Å²) in [7, 11) is 1.68. The van der Waals surface area contributed by atoms with E-state index in [1.165, 1.54) is 12.3 Å². The van der Waals surface area contributed by atoms with E-state index < -0.39 is 23.9 Å². The zero-order chi connectivity index (χ0) is 35.6. The van der Waals surface area contributed by atoms with Gasteiger partial charge in [0.2, 0.25) is 5.91 Å². The molecule has 50 heavy (non-hydrogen) atoms. The number of pyridine rings is 1. The van der Waals surface area contributed by atoms with Gasteiger partial charge < -0.3 is 30.5 Å². The summed E-state index contributed by atoms with van der Waals surface area (Å²) in [6.07, 6.45) is -1.96.